The van der Waals surface area contributed by atoms with E-state index >= 15 is 0 Å². The fourth-order valence-electron chi connectivity index (χ4n) is 1.61. The largest absolute Gasteiger partial charge is 0.353 e. The van der Waals surface area contributed by atoms with Gasteiger partial charge in [0, 0.05) is 18.8 Å². The molecular weight excluding hydrogens is 198 g/mol. The van der Waals surface area contributed by atoms with E-state index in [4.69, 9.17) is 0 Å². The first-order valence-corrected chi connectivity index (χ1v) is 6.14. The average molecular weight is 223 g/mol. The molecule has 1 heterocycles. The molecule has 0 saturated carbocycles. The van der Waals surface area contributed by atoms with Crippen molar-refractivity contribution >= 4 is 5.95 Å². The van der Waals surface area contributed by atoms with Crippen molar-refractivity contribution in [2.24, 2.45) is 5.41 Å². The van der Waals surface area contributed by atoms with E-state index in [1.165, 1.54) is 6.42 Å². The zero-order chi connectivity index (χ0) is 12.3. The van der Waals surface area contributed by atoms with E-state index < -0.39 is 0 Å². The highest BCUT2D eigenvalue weighted by Crippen LogP contribution is 2.24. The van der Waals surface area contributed by atoms with E-state index in [1.54, 1.807) is 0 Å². The Balaban J connectivity index is 2.86. The summed E-state index contributed by atoms with van der Waals surface area (Å²) in [5.41, 5.74) is 1.40. The summed E-state index contributed by atoms with van der Waals surface area (Å²) in [6.07, 6.45) is 3.30. The van der Waals surface area contributed by atoms with Crippen molar-refractivity contribution in [1.29, 1.82) is 0 Å². The minimum atomic E-state index is 0.320. The van der Waals surface area contributed by atoms with Gasteiger partial charge in [-0.25, -0.2) is 4.98 Å². The maximum Gasteiger partial charge on any atom is 0.203 e. The van der Waals surface area contributed by atoms with Crippen LogP contribution in [0.2, 0.25) is 0 Å². The molecule has 0 amide bonds. The number of nitrogens with zero attached hydrogens (tertiary/aromatic N) is 2. The van der Waals surface area contributed by atoms with Crippen LogP contribution < -0.4 is 5.32 Å². The lowest BCUT2D eigenvalue weighted by atomic mass is 9.90. The van der Waals surface area contributed by atoms with Crippen molar-refractivity contribution in [2.45, 2.75) is 60.5 Å². The third-order valence-corrected chi connectivity index (χ3v) is 2.87. The fourth-order valence-corrected chi connectivity index (χ4v) is 1.61. The summed E-state index contributed by atoms with van der Waals surface area (Å²) in [4.78, 5) is 4.52. The minimum Gasteiger partial charge on any atom is -0.353 e. The first kappa shape index (κ1) is 13.1. The number of hydrogen-bond donors (Lipinski definition) is 1. The van der Waals surface area contributed by atoms with Gasteiger partial charge in [0.05, 0.1) is 5.69 Å². The van der Waals surface area contributed by atoms with Crippen LogP contribution in [0.3, 0.4) is 0 Å². The Kier molecular flexibility index (Phi) is 4.00. The molecule has 0 aliphatic rings. The van der Waals surface area contributed by atoms with Crippen LogP contribution in [0.25, 0.3) is 0 Å². The van der Waals surface area contributed by atoms with Gasteiger partial charge in [-0.3, -0.25) is 0 Å². The van der Waals surface area contributed by atoms with Gasteiger partial charge in [0.1, 0.15) is 0 Å². The zero-order valence-corrected chi connectivity index (χ0v) is 11.5. The SMILES string of the molecule is CCC(C)(C)Cn1cc(C)nc1NC(C)C. The number of rotatable bonds is 5. The maximum atomic E-state index is 4.52. The van der Waals surface area contributed by atoms with Crippen LogP contribution in [0.5, 0.6) is 0 Å². The first-order valence-electron chi connectivity index (χ1n) is 6.14. The smallest absolute Gasteiger partial charge is 0.203 e. The number of imidazole rings is 1. The van der Waals surface area contributed by atoms with Gasteiger partial charge in [-0.2, -0.15) is 0 Å². The Bertz CT molecular complexity index is 337. The van der Waals surface area contributed by atoms with Gasteiger partial charge in [0.15, 0.2) is 0 Å². The third kappa shape index (κ3) is 3.54. The van der Waals surface area contributed by atoms with Crippen LogP contribution in [0.15, 0.2) is 6.20 Å². The van der Waals surface area contributed by atoms with Gasteiger partial charge in [-0.15, -0.1) is 0 Å². The molecule has 92 valence electrons. The molecule has 0 fully saturated rings. The van der Waals surface area contributed by atoms with Crippen molar-refractivity contribution < 1.29 is 0 Å². The lowest BCUT2D eigenvalue weighted by Gasteiger charge is -2.24. The molecular formula is C13H25N3. The molecule has 0 aliphatic heterocycles. The number of aromatic nitrogens is 2. The Hall–Kier alpha value is -0.990. The summed E-state index contributed by atoms with van der Waals surface area (Å²) >= 11 is 0. The van der Waals surface area contributed by atoms with Crippen LogP contribution in [0.4, 0.5) is 5.95 Å². The second kappa shape index (κ2) is 4.89. The van der Waals surface area contributed by atoms with Crippen molar-refractivity contribution in [1.82, 2.24) is 9.55 Å². The summed E-state index contributed by atoms with van der Waals surface area (Å²) < 4.78 is 2.23. The number of hydrogen-bond acceptors (Lipinski definition) is 2. The highest BCUT2D eigenvalue weighted by molar-refractivity contribution is 5.29. The van der Waals surface area contributed by atoms with E-state index in [2.05, 4.69) is 55.7 Å². The zero-order valence-electron chi connectivity index (χ0n) is 11.5. The molecule has 0 aliphatic carbocycles. The van der Waals surface area contributed by atoms with Crippen LogP contribution in [0, 0.1) is 12.3 Å². The maximum absolute atomic E-state index is 4.52. The molecule has 1 aromatic rings. The van der Waals surface area contributed by atoms with Crippen LogP contribution in [-0.2, 0) is 6.54 Å². The molecule has 16 heavy (non-hydrogen) atoms. The molecule has 0 unspecified atom stereocenters. The van der Waals surface area contributed by atoms with Gasteiger partial charge in [0.2, 0.25) is 5.95 Å². The number of nitrogens with one attached hydrogen (secondary N) is 1. The van der Waals surface area contributed by atoms with Crippen LogP contribution >= 0.6 is 0 Å². The fraction of sp³-hybridized carbons (Fsp3) is 0.769. The molecule has 1 N–H and O–H groups in total. The lowest BCUT2D eigenvalue weighted by molar-refractivity contribution is 0.296. The van der Waals surface area contributed by atoms with E-state index in [0.29, 0.717) is 11.5 Å². The molecule has 3 nitrogen and oxygen atoms in total. The molecule has 1 rings (SSSR count). The molecule has 0 saturated heterocycles. The van der Waals surface area contributed by atoms with E-state index in [0.717, 1.165) is 18.2 Å². The Labute approximate surface area is 99.3 Å². The van der Waals surface area contributed by atoms with Crippen molar-refractivity contribution in [2.75, 3.05) is 5.32 Å². The predicted molar refractivity (Wildman–Crippen MR) is 69.8 cm³/mol. The summed E-state index contributed by atoms with van der Waals surface area (Å²) in [5.74, 6) is 0.994. The molecule has 3 heteroatoms. The van der Waals surface area contributed by atoms with Crippen molar-refractivity contribution in [3.05, 3.63) is 11.9 Å². The second-order valence-electron chi connectivity index (χ2n) is 5.65. The average Bonchev–Trinajstić information content (AvgIpc) is 2.44. The monoisotopic (exact) mass is 223 g/mol. The van der Waals surface area contributed by atoms with Crippen LogP contribution in [0.1, 0.15) is 46.7 Å². The predicted octanol–water partition coefficient (Wildman–Crippen LogP) is 3.45. The Morgan fingerprint density at radius 3 is 2.56 bits per heavy atom. The summed E-state index contributed by atoms with van der Waals surface area (Å²) in [6.45, 7) is 14.2. The Morgan fingerprint density at radius 2 is 2.06 bits per heavy atom. The third-order valence-electron chi connectivity index (χ3n) is 2.87. The van der Waals surface area contributed by atoms with Gasteiger partial charge in [-0.05, 0) is 32.6 Å². The van der Waals surface area contributed by atoms with Crippen molar-refractivity contribution in [3.63, 3.8) is 0 Å². The summed E-state index contributed by atoms with van der Waals surface area (Å²) in [7, 11) is 0. The number of aryl methyl sites for hydroxylation is 1. The molecule has 0 radical (unpaired) electrons. The highest BCUT2D eigenvalue weighted by Gasteiger charge is 2.18. The van der Waals surface area contributed by atoms with E-state index in [-0.39, 0.29) is 0 Å². The van der Waals surface area contributed by atoms with Gasteiger partial charge < -0.3 is 9.88 Å². The van der Waals surface area contributed by atoms with Crippen LogP contribution in [-0.4, -0.2) is 15.6 Å². The van der Waals surface area contributed by atoms with E-state index in [9.17, 15) is 0 Å². The van der Waals surface area contributed by atoms with E-state index in [1.807, 2.05) is 6.92 Å². The van der Waals surface area contributed by atoms with Gasteiger partial charge >= 0.3 is 0 Å². The Morgan fingerprint density at radius 1 is 1.44 bits per heavy atom. The molecule has 0 spiro atoms. The lowest BCUT2D eigenvalue weighted by Crippen LogP contribution is -2.21. The normalized spacial score (nSPS) is 12.2. The molecule has 1 aromatic heterocycles. The van der Waals surface area contributed by atoms with Gasteiger partial charge in [-0.1, -0.05) is 20.8 Å². The molecule has 0 atom stereocenters. The standard InChI is InChI=1S/C13H25N3/c1-7-13(5,6)9-16-8-11(4)15-12(16)14-10(2)3/h8,10H,7,9H2,1-6H3,(H,14,15). The summed E-state index contributed by atoms with van der Waals surface area (Å²) in [6, 6.07) is 0.422. The number of anilines is 1. The van der Waals surface area contributed by atoms with Gasteiger partial charge in [0.25, 0.3) is 0 Å². The second-order valence-corrected chi connectivity index (χ2v) is 5.65. The first-order chi connectivity index (χ1) is 7.34. The molecule has 0 bridgehead atoms. The van der Waals surface area contributed by atoms with Crippen molar-refractivity contribution in [3.8, 4) is 0 Å². The summed E-state index contributed by atoms with van der Waals surface area (Å²) in [5, 5.41) is 3.39. The quantitative estimate of drug-likeness (QED) is 0.828. The topological polar surface area (TPSA) is 29.9 Å². The highest BCUT2D eigenvalue weighted by atomic mass is 15.2. The minimum absolute atomic E-state index is 0.320. The molecule has 0 aromatic carbocycles.